The van der Waals surface area contributed by atoms with Crippen LogP contribution in [0.1, 0.15) is 0 Å². The number of hydrogen-bond acceptors (Lipinski definition) is 6. The highest BCUT2D eigenvalue weighted by Crippen LogP contribution is 2.47. The van der Waals surface area contributed by atoms with Crippen molar-refractivity contribution in [2.24, 2.45) is 0 Å². The zero-order valence-electron chi connectivity index (χ0n) is 15.0. The van der Waals surface area contributed by atoms with E-state index in [0.717, 1.165) is 0 Å². The highest BCUT2D eigenvalue weighted by atomic mass is 35.5. The first kappa shape index (κ1) is 23.3. The summed E-state index contributed by atoms with van der Waals surface area (Å²) in [5.74, 6) is -0.998. The van der Waals surface area contributed by atoms with Gasteiger partial charge in [0.1, 0.15) is 11.4 Å². The van der Waals surface area contributed by atoms with Gasteiger partial charge in [-0.1, -0.05) is 46.4 Å². The molecule has 0 aliphatic heterocycles. The summed E-state index contributed by atoms with van der Waals surface area (Å²) in [6, 6.07) is 5.28. The Bertz CT molecular complexity index is 1510. The van der Waals surface area contributed by atoms with Crippen LogP contribution in [0.3, 0.4) is 0 Å². The molecular weight excluding hydrogens is 554 g/mol. The number of fused-ring (bicyclic) bond motifs is 2. The fourth-order valence-corrected chi connectivity index (χ4v) is 4.98. The molecule has 0 saturated carbocycles. The van der Waals surface area contributed by atoms with E-state index in [2.05, 4.69) is 9.97 Å². The van der Waals surface area contributed by atoms with Crippen molar-refractivity contribution in [1.29, 1.82) is 0 Å². The molecule has 4 N–H and O–H groups in total. The summed E-state index contributed by atoms with van der Waals surface area (Å²) in [6.45, 7) is 0. The van der Waals surface area contributed by atoms with Crippen LogP contribution in [0.5, 0.6) is 11.5 Å². The molecule has 10 nitrogen and oxygen atoms in total. The van der Waals surface area contributed by atoms with Gasteiger partial charge in [0, 0.05) is 20.8 Å². The van der Waals surface area contributed by atoms with Gasteiger partial charge in [0.2, 0.25) is 0 Å². The Morgan fingerprint density at radius 1 is 0.656 bits per heavy atom. The van der Waals surface area contributed by atoms with Crippen molar-refractivity contribution in [3.63, 3.8) is 0 Å². The molecule has 0 fully saturated rings. The van der Waals surface area contributed by atoms with Crippen molar-refractivity contribution in [2.75, 3.05) is 0 Å². The highest BCUT2D eigenvalue weighted by molar-refractivity contribution is 7.81. The van der Waals surface area contributed by atoms with Crippen LogP contribution in [0, 0.1) is 0 Å². The van der Waals surface area contributed by atoms with Gasteiger partial charge in [-0.2, -0.15) is 16.8 Å². The minimum Gasteiger partial charge on any atom is -0.359 e. The van der Waals surface area contributed by atoms with E-state index in [0.29, 0.717) is 0 Å². The normalized spacial score (nSPS) is 12.6. The summed E-state index contributed by atoms with van der Waals surface area (Å²) in [5.41, 5.74) is -0.205. The predicted molar refractivity (Wildman–Crippen MR) is 120 cm³/mol. The van der Waals surface area contributed by atoms with Gasteiger partial charge in [0.25, 0.3) is 0 Å². The van der Waals surface area contributed by atoms with Gasteiger partial charge in [0.15, 0.2) is 11.5 Å². The predicted octanol–water partition coefficient (Wildman–Crippen LogP) is 5.29. The van der Waals surface area contributed by atoms with Crippen LogP contribution in [0.2, 0.25) is 20.1 Å². The average Bonchev–Trinajstić information content (AvgIpc) is 3.12. The summed E-state index contributed by atoms with van der Waals surface area (Å²) < 4.78 is 74.1. The second-order valence-corrected chi connectivity index (χ2v) is 10.0. The number of nitrogens with one attached hydrogen (secondary N) is 2. The highest BCUT2D eigenvalue weighted by Gasteiger charge is 2.28. The van der Waals surface area contributed by atoms with Crippen LogP contribution in [0.15, 0.2) is 24.3 Å². The Hall–Kier alpha value is -1.90. The summed E-state index contributed by atoms with van der Waals surface area (Å²) in [4.78, 5) is 5.53. The van der Waals surface area contributed by atoms with Gasteiger partial charge in [-0.3, -0.25) is 9.11 Å². The minimum atomic E-state index is -5.06. The molecule has 170 valence electrons. The van der Waals surface area contributed by atoms with Gasteiger partial charge < -0.3 is 18.3 Å². The Morgan fingerprint density at radius 3 is 1.31 bits per heavy atom. The van der Waals surface area contributed by atoms with Gasteiger partial charge in [-0.15, -0.1) is 0 Å². The number of benzene rings is 2. The third kappa shape index (κ3) is 4.45. The molecule has 4 rings (SSSR count). The molecular formula is C16H8Cl4N2O8S2. The van der Waals surface area contributed by atoms with E-state index in [9.17, 15) is 25.9 Å². The topological polar surface area (TPSA) is 159 Å². The minimum absolute atomic E-state index is 0.0238. The number of aromatic amines is 2. The fourth-order valence-electron chi connectivity index (χ4n) is 3.13. The van der Waals surface area contributed by atoms with Crippen LogP contribution >= 0.6 is 46.4 Å². The zero-order valence-corrected chi connectivity index (χ0v) is 19.6. The van der Waals surface area contributed by atoms with Crippen LogP contribution < -0.4 is 8.37 Å². The first-order valence-corrected chi connectivity index (χ1v) is 12.3. The number of halogens is 4. The molecule has 2 aromatic heterocycles. The van der Waals surface area contributed by atoms with Crippen molar-refractivity contribution in [3.8, 4) is 22.9 Å². The van der Waals surface area contributed by atoms with Crippen LogP contribution in [0.4, 0.5) is 0 Å². The second-order valence-electron chi connectivity index (χ2n) is 6.30. The first-order valence-electron chi connectivity index (χ1n) is 8.09. The maximum atomic E-state index is 11.5. The lowest BCUT2D eigenvalue weighted by atomic mass is 10.2. The molecule has 0 spiro atoms. The van der Waals surface area contributed by atoms with Crippen LogP contribution in [-0.2, 0) is 20.8 Å². The van der Waals surface area contributed by atoms with Crippen LogP contribution in [0.25, 0.3) is 33.2 Å². The van der Waals surface area contributed by atoms with Crippen molar-refractivity contribution >= 4 is 89.0 Å². The van der Waals surface area contributed by atoms with E-state index < -0.39 is 32.3 Å². The summed E-state index contributed by atoms with van der Waals surface area (Å²) in [6.07, 6.45) is 0. The standard InChI is InChI=1S/C16H8Cl4N2O8S2/c17-5-1-7-11(9(19)3-5)21-13(15(7)29-31(23,24)25)14-16(30-32(26,27)28)8-2-6(18)4-10(20)12(8)22-14/h1-4,21-22H,(H,23,24,25)(H,26,27,28). The van der Waals surface area contributed by atoms with Crippen molar-refractivity contribution in [1.82, 2.24) is 9.97 Å². The third-order valence-corrected chi connectivity index (χ3v) is 5.97. The van der Waals surface area contributed by atoms with E-state index in [1.165, 1.54) is 24.3 Å². The number of hydrogen-bond donors (Lipinski definition) is 4. The lowest BCUT2D eigenvalue weighted by molar-refractivity contribution is 0.384. The Kier molecular flexibility index (Phi) is 5.71. The lowest BCUT2D eigenvalue weighted by Crippen LogP contribution is -2.08. The summed E-state index contributed by atoms with van der Waals surface area (Å²) in [5, 5.41) is 0.358. The summed E-state index contributed by atoms with van der Waals surface area (Å²) >= 11 is 24.4. The number of aromatic nitrogens is 2. The molecule has 0 unspecified atom stereocenters. The van der Waals surface area contributed by atoms with E-state index in [1.807, 2.05) is 0 Å². The van der Waals surface area contributed by atoms with Crippen molar-refractivity contribution in [3.05, 3.63) is 44.4 Å². The van der Waals surface area contributed by atoms with Crippen LogP contribution in [-0.4, -0.2) is 35.9 Å². The number of H-pyrrole nitrogens is 2. The van der Waals surface area contributed by atoms with Crippen molar-refractivity contribution in [2.45, 2.75) is 0 Å². The Morgan fingerprint density at radius 2 is 1.00 bits per heavy atom. The molecule has 32 heavy (non-hydrogen) atoms. The van der Waals surface area contributed by atoms with E-state index in [4.69, 9.17) is 54.8 Å². The quantitative estimate of drug-likeness (QED) is 0.239. The lowest BCUT2D eigenvalue weighted by Gasteiger charge is -2.06. The van der Waals surface area contributed by atoms with Gasteiger partial charge in [-0.05, 0) is 24.3 Å². The maximum absolute atomic E-state index is 11.5. The Labute approximate surface area is 199 Å². The fraction of sp³-hybridized carbons (Fsp3) is 0. The smallest absolute Gasteiger partial charge is 0.359 e. The van der Waals surface area contributed by atoms with E-state index in [1.54, 1.807) is 0 Å². The molecule has 0 aliphatic carbocycles. The third-order valence-electron chi connectivity index (χ3n) is 4.18. The molecule has 0 radical (unpaired) electrons. The molecule has 0 amide bonds. The van der Waals surface area contributed by atoms with Gasteiger partial charge >= 0.3 is 20.8 Å². The average molecular weight is 562 g/mol. The SMILES string of the molecule is O=S(=O)(O)Oc1c(-c2[nH]c3c(Cl)cc(Cl)cc3c2OS(=O)(=O)O)[nH]c2c(Cl)cc(Cl)cc12. The second kappa shape index (κ2) is 7.85. The molecule has 0 atom stereocenters. The molecule has 4 aromatic rings. The molecule has 0 bridgehead atoms. The zero-order chi connectivity index (χ0) is 23.6. The molecule has 2 aromatic carbocycles. The number of rotatable bonds is 5. The van der Waals surface area contributed by atoms with Crippen molar-refractivity contribution < 1.29 is 34.3 Å². The molecule has 16 heteroatoms. The van der Waals surface area contributed by atoms with E-state index >= 15 is 0 Å². The first-order chi connectivity index (χ1) is 14.7. The Balaban J connectivity index is 2.15. The van der Waals surface area contributed by atoms with E-state index in [-0.39, 0.29) is 53.3 Å². The monoisotopic (exact) mass is 560 g/mol. The van der Waals surface area contributed by atoms with Gasteiger partial charge in [0.05, 0.1) is 21.1 Å². The maximum Gasteiger partial charge on any atom is 0.446 e. The summed E-state index contributed by atoms with van der Waals surface area (Å²) in [7, 11) is -10.1. The molecule has 0 saturated heterocycles. The molecule has 0 aliphatic rings. The largest absolute Gasteiger partial charge is 0.446 e. The van der Waals surface area contributed by atoms with Gasteiger partial charge in [-0.25, -0.2) is 0 Å². The molecule has 2 heterocycles.